The maximum atomic E-state index is 6.11. The minimum absolute atomic E-state index is 0.537. The first-order chi connectivity index (χ1) is 8.06. The maximum Gasteiger partial charge on any atom is 0.213 e. The van der Waals surface area contributed by atoms with Crippen LogP contribution in [0.5, 0.6) is 0 Å². The Labute approximate surface area is 119 Å². The molecule has 0 unspecified atom stereocenters. The molecule has 0 amide bonds. The maximum absolute atomic E-state index is 6.11. The predicted octanol–water partition coefficient (Wildman–Crippen LogP) is 4.16. The molecule has 0 bridgehead atoms. The number of nitrogens with zero attached hydrogens (tertiary/aromatic N) is 1. The Bertz CT molecular complexity index is 520. The van der Waals surface area contributed by atoms with Gasteiger partial charge in [-0.15, -0.1) is 0 Å². The van der Waals surface area contributed by atoms with Gasteiger partial charge in [0.05, 0.1) is 22.9 Å². The number of benzene rings is 1. The molecule has 0 aliphatic heterocycles. The number of hydrogen-bond donors (Lipinski definition) is 1. The van der Waals surface area contributed by atoms with Crippen LogP contribution in [-0.2, 0) is 6.54 Å². The van der Waals surface area contributed by atoms with Gasteiger partial charge in [-0.3, -0.25) is 0 Å². The molecule has 0 fully saturated rings. The van der Waals surface area contributed by atoms with Crippen LogP contribution in [0.2, 0.25) is 5.02 Å². The predicted molar refractivity (Wildman–Crippen MR) is 77.5 cm³/mol. The van der Waals surface area contributed by atoms with Crippen molar-refractivity contribution in [2.24, 2.45) is 0 Å². The van der Waals surface area contributed by atoms with E-state index in [9.17, 15) is 0 Å². The normalized spacial score (nSPS) is 10.6. The van der Waals surface area contributed by atoms with Gasteiger partial charge in [-0.05, 0) is 54.6 Å². The van der Waals surface area contributed by atoms with Gasteiger partial charge >= 0.3 is 0 Å². The summed E-state index contributed by atoms with van der Waals surface area (Å²) in [6.07, 6.45) is 0. The lowest BCUT2D eigenvalue weighted by molar-refractivity contribution is 0.478. The standard InChI is InChI=1S/C12H12ClIN2O/c1-7-8(2)17-12(16-7)6-15-11-4-3-9(14)5-10(11)13/h3-5,15H,6H2,1-2H3. The van der Waals surface area contributed by atoms with Crippen LogP contribution in [0.25, 0.3) is 0 Å². The summed E-state index contributed by atoms with van der Waals surface area (Å²) in [4.78, 5) is 4.30. The summed E-state index contributed by atoms with van der Waals surface area (Å²) in [7, 11) is 0. The third-order valence-electron chi connectivity index (χ3n) is 2.43. The molecule has 17 heavy (non-hydrogen) atoms. The summed E-state index contributed by atoms with van der Waals surface area (Å²) in [5.41, 5.74) is 1.82. The lowest BCUT2D eigenvalue weighted by atomic mass is 10.3. The monoisotopic (exact) mass is 362 g/mol. The molecule has 2 rings (SSSR count). The number of nitrogens with one attached hydrogen (secondary N) is 1. The van der Waals surface area contributed by atoms with E-state index < -0.39 is 0 Å². The van der Waals surface area contributed by atoms with Crippen LogP contribution in [0.4, 0.5) is 5.69 Å². The number of rotatable bonds is 3. The minimum atomic E-state index is 0.537. The summed E-state index contributed by atoms with van der Waals surface area (Å²) in [6, 6.07) is 5.87. The number of aromatic nitrogens is 1. The van der Waals surface area contributed by atoms with E-state index in [1.54, 1.807) is 0 Å². The molecule has 3 nitrogen and oxygen atoms in total. The molecule has 0 saturated carbocycles. The van der Waals surface area contributed by atoms with E-state index in [1.165, 1.54) is 0 Å². The van der Waals surface area contributed by atoms with E-state index in [1.807, 2.05) is 32.0 Å². The second-order valence-electron chi connectivity index (χ2n) is 3.73. The van der Waals surface area contributed by atoms with Crippen LogP contribution in [0, 0.1) is 17.4 Å². The molecule has 1 N–H and O–H groups in total. The molecule has 1 heterocycles. The van der Waals surface area contributed by atoms with Crippen LogP contribution in [-0.4, -0.2) is 4.98 Å². The molecule has 90 valence electrons. The zero-order valence-corrected chi connectivity index (χ0v) is 12.5. The summed E-state index contributed by atoms with van der Waals surface area (Å²) in [5.74, 6) is 1.53. The highest BCUT2D eigenvalue weighted by molar-refractivity contribution is 14.1. The fourth-order valence-electron chi connectivity index (χ4n) is 1.42. The van der Waals surface area contributed by atoms with Gasteiger partial charge in [-0.1, -0.05) is 11.6 Å². The van der Waals surface area contributed by atoms with E-state index in [0.717, 1.165) is 20.7 Å². The Morgan fingerprint density at radius 2 is 2.18 bits per heavy atom. The third-order valence-corrected chi connectivity index (χ3v) is 3.42. The molecule has 0 atom stereocenters. The molecule has 0 aliphatic rings. The van der Waals surface area contributed by atoms with Gasteiger partial charge in [0.15, 0.2) is 0 Å². The SMILES string of the molecule is Cc1nc(CNc2ccc(I)cc2Cl)oc1C. The summed E-state index contributed by atoms with van der Waals surface area (Å²) < 4.78 is 6.59. The second-order valence-corrected chi connectivity index (χ2v) is 5.38. The highest BCUT2D eigenvalue weighted by Gasteiger charge is 2.06. The molecule has 5 heteroatoms. The van der Waals surface area contributed by atoms with Gasteiger partial charge in [0, 0.05) is 3.57 Å². The first-order valence-electron chi connectivity index (χ1n) is 5.18. The van der Waals surface area contributed by atoms with E-state index in [4.69, 9.17) is 16.0 Å². The number of aryl methyl sites for hydroxylation is 2. The Hall–Kier alpha value is -0.750. The van der Waals surface area contributed by atoms with Gasteiger partial charge in [-0.25, -0.2) is 4.98 Å². The Kier molecular flexibility index (Phi) is 3.93. The van der Waals surface area contributed by atoms with Gasteiger partial charge in [0.1, 0.15) is 5.76 Å². The molecule has 0 aliphatic carbocycles. The van der Waals surface area contributed by atoms with Crippen LogP contribution in [0.3, 0.4) is 0 Å². The van der Waals surface area contributed by atoms with Crippen LogP contribution in [0.15, 0.2) is 22.6 Å². The summed E-state index contributed by atoms with van der Waals surface area (Å²) in [6.45, 7) is 4.37. The van der Waals surface area contributed by atoms with Crippen molar-refractivity contribution >= 4 is 39.9 Å². The average molecular weight is 363 g/mol. The lowest BCUT2D eigenvalue weighted by Gasteiger charge is -2.06. The Morgan fingerprint density at radius 1 is 1.41 bits per heavy atom. The summed E-state index contributed by atoms with van der Waals surface area (Å²) >= 11 is 8.34. The number of halogens is 2. The number of oxazole rings is 1. The second kappa shape index (κ2) is 5.27. The molecule has 0 saturated heterocycles. The third kappa shape index (κ3) is 3.13. The Balaban J connectivity index is 2.07. The fourth-order valence-corrected chi connectivity index (χ4v) is 2.34. The van der Waals surface area contributed by atoms with E-state index in [0.29, 0.717) is 17.5 Å². The molecule has 2 aromatic rings. The average Bonchev–Trinajstić information content (AvgIpc) is 2.57. The van der Waals surface area contributed by atoms with E-state index in [2.05, 4.69) is 32.9 Å². The van der Waals surface area contributed by atoms with Gasteiger partial charge in [0.2, 0.25) is 5.89 Å². The van der Waals surface area contributed by atoms with Crippen molar-refractivity contribution in [1.29, 1.82) is 0 Å². The Morgan fingerprint density at radius 3 is 2.76 bits per heavy atom. The molecular weight excluding hydrogens is 351 g/mol. The zero-order valence-electron chi connectivity index (χ0n) is 9.55. The highest BCUT2D eigenvalue weighted by Crippen LogP contribution is 2.24. The molecule has 0 spiro atoms. The smallest absolute Gasteiger partial charge is 0.213 e. The molecular formula is C12H12ClIN2O. The van der Waals surface area contributed by atoms with Crippen molar-refractivity contribution in [2.75, 3.05) is 5.32 Å². The molecule has 1 aromatic carbocycles. The largest absolute Gasteiger partial charge is 0.444 e. The fraction of sp³-hybridized carbons (Fsp3) is 0.250. The van der Waals surface area contributed by atoms with Crippen LogP contribution < -0.4 is 5.32 Å². The number of anilines is 1. The van der Waals surface area contributed by atoms with Gasteiger partial charge < -0.3 is 9.73 Å². The van der Waals surface area contributed by atoms with Crippen molar-refractivity contribution in [3.05, 3.63) is 44.1 Å². The first kappa shape index (κ1) is 12.7. The molecule has 0 radical (unpaired) electrons. The van der Waals surface area contributed by atoms with Crippen molar-refractivity contribution < 1.29 is 4.42 Å². The van der Waals surface area contributed by atoms with Crippen LogP contribution in [0.1, 0.15) is 17.3 Å². The first-order valence-corrected chi connectivity index (χ1v) is 6.64. The highest BCUT2D eigenvalue weighted by atomic mass is 127. The van der Waals surface area contributed by atoms with E-state index >= 15 is 0 Å². The quantitative estimate of drug-likeness (QED) is 0.833. The van der Waals surface area contributed by atoms with E-state index in [-0.39, 0.29) is 0 Å². The van der Waals surface area contributed by atoms with Crippen molar-refractivity contribution in [3.63, 3.8) is 0 Å². The van der Waals surface area contributed by atoms with Crippen molar-refractivity contribution in [3.8, 4) is 0 Å². The lowest BCUT2D eigenvalue weighted by Crippen LogP contribution is -2.00. The van der Waals surface area contributed by atoms with Crippen molar-refractivity contribution in [1.82, 2.24) is 4.98 Å². The van der Waals surface area contributed by atoms with Gasteiger partial charge in [0.25, 0.3) is 0 Å². The zero-order chi connectivity index (χ0) is 12.4. The summed E-state index contributed by atoms with van der Waals surface area (Å²) in [5, 5.41) is 3.91. The topological polar surface area (TPSA) is 38.1 Å². The minimum Gasteiger partial charge on any atom is -0.444 e. The molecule has 1 aromatic heterocycles. The van der Waals surface area contributed by atoms with Gasteiger partial charge in [-0.2, -0.15) is 0 Å². The van der Waals surface area contributed by atoms with Crippen LogP contribution >= 0.6 is 34.2 Å². The number of hydrogen-bond acceptors (Lipinski definition) is 3. The van der Waals surface area contributed by atoms with Crippen molar-refractivity contribution in [2.45, 2.75) is 20.4 Å².